The molecule has 0 radical (unpaired) electrons. The fourth-order valence-electron chi connectivity index (χ4n) is 3.91. The van der Waals surface area contributed by atoms with Crippen molar-refractivity contribution in [2.45, 2.75) is 25.7 Å². The molecule has 1 aromatic heterocycles. The number of hydrogen-bond donors (Lipinski definition) is 0. The summed E-state index contributed by atoms with van der Waals surface area (Å²) in [5.41, 5.74) is 1.32. The van der Waals surface area contributed by atoms with Crippen molar-refractivity contribution in [2.75, 3.05) is 26.2 Å². The van der Waals surface area contributed by atoms with Gasteiger partial charge in [-0.25, -0.2) is 4.98 Å². The van der Waals surface area contributed by atoms with Crippen molar-refractivity contribution in [3.05, 3.63) is 42.1 Å². The number of benzene rings is 1. The fraction of sp³-hybridized carbons (Fsp3) is 0.450. The normalized spacial score (nSPS) is 18.7. The second-order valence-corrected chi connectivity index (χ2v) is 6.99. The third-order valence-corrected chi connectivity index (χ3v) is 5.40. The Morgan fingerprint density at radius 3 is 2.32 bits per heavy atom. The molecule has 1 saturated carbocycles. The Bertz CT molecular complexity index is 790. The Kier molecular flexibility index (Phi) is 4.38. The summed E-state index contributed by atoms with van der Waals surface area (Å²) in [4.78, 5) is 33.5. The van der Waals surface area contributed by atoms with Crippen molar-refractivity contribution >= 4 is 22.7 Å². The third kappa shape index (κ3) is 3.23. The van der Waals surface area contributed by atoms with Crippen LogP contribution < -0.4 is 0 Å². The van der Waals surface area contributed by atoms with E-state index in [1.54, 1.807) is 6.07 Å². The van der Waals surface area contributed by atoms with Crippen LogP contribution >= 0.6 is 0 Å². The molecule has 1 aromatic carbocycles. The maximum Gasteiger partial charge on any atom is 0.272 e. The molecule has 0 atom stereocenters. The first-order valence-electron chi connectivity index (χ1n) is 9.16. The van der Waals surface area contributed by atoms with Crippen LogP contribution in [-0.4, -0.2) is 52.8 Å². The lowest BCUT2D eigenvalue weighted by molar-refractivity contribution is -0.136. The van der Waals surface area contributed by atoms with Gasteiger partial charge in [-0.15, -0.1) is 0 Å². The number of amides is 2. The van der Waals surface area contributed by atoms with E-state index in [1.165, 1.54) is 12.8 Å². The molecule has 0 bridgehead atoms. The first kappa shape index (κ1) is 16.1. The van der Waals surface area contributed by atoms with Gasteiger partial charge < -0.3 is 9.80 Å². The van der Waals surface area contributed by atoms with Crippen molar-refractivity contribution in [1.29, 1.82) is 0 Å². The lowest BCUT2D eigenvalue weighted by Crippen LogP contribution is -2.51. The molecule has 1 aliphatic heterocycles. The number of carbonyl (C=O) groups is 2. The minimum absolute atomic E-state index is 0.0429. The van der Waals surface area contributed by atoms with Gasteiger partial charge in [0.25, 0.3) is 5.91 Å². The predicted octanol–water partition coefficient (Wildman–Crippen LogP) is 2.71. The van der Waals surface area contributed by atoms with E-state index >= 15 is 0 Å². The number of fused-ring (bicyclic) bond motifs is 1. The van der Waals surface area contributed by atoms with Crippen LogP contribution in [0.1, 0.15) is 36.2 Å². The smallest absolute Gasteiger partial charge is 0.272 e. The lowest BCUT2D eigenvalue weighted by atomic mass is 10.1. The zero-order chi connectivity index (χ0) is 17.2. The standard InChI is InChI=1S/C20H23N3O2/c24-19(16-6-1-2-7-16)22-11-13-23(14-12-22)20(25)18-10-9-15-5-3-4-8-17(15)21-18/h3-5,8-10,16H,1-2,6-7,11-14H2. The molecule has 1 saturated heterocycles. The van der Waals surface area contributed by atoms with Crippen molar-refractivity contribution in [3.63, 3.8) is 0 Å². The molecule has 2 aliphatic rings. The van der Waals surface area contributed by atoms with Gasteiger partial charge in [-0.3, -0.25) is 9.59 Å². The van der Waals surface area contributed by atoms with Gasteiger partial charge in [-0.1, -0.05) is 37.1 Å². The van der Waals surface area contributed by atoms with Crippen LogP contribution in [0.25, 0.3) is 10.9 Å². The zero-order valence-corrected chi connectivity index (χ0v) is 14.4. The number of nitrogens with zero attached hydrogens (tertiary/aromatic N) is 3. The number of hydrogen-bond acceptors (Lipinski definition) is 3. The highest BCUT2D eigenvalue weighted by Crippen LogP contribution is 2.27. The summed E-state index contributed by atoms with van der Waals surface area (Å²) in [7, 11) is 0. The molecule has 4 rings (SSSR count). The molecule has 2 fully saturated rings. The van der Waals surface area contributed by atoms with Gasteiger partial charge in [0.05, 0.1) is 5.52 Å². The average molecular weight is 337 g/mol. The van der Waals surface area contributed by atoms with E-state index in [1.807, 2.05) is 40.1 Å². The Balaban J connectivity index is 1.41. The molecular formula is C20H23N3O2. The summed E-state index contributed by atoms with van der Waals surface area (Å²) in [5.74, 6) is 0.455. The summed E-state index contributed by atoms with van der Waals surface area (Å²) >= 11 is 0. The molecule has 2 amide bonds. The molecule has 2 heterocycles. The minimum Gasteiger partial charge on any atom is -0.339 e. The van der Waals surface area contributed by atoms with E-state index in [0.29, 0.717) is 31.9 Å². The maximum atomic E-state index is 12.7. The van der Waals surface area contributed by atoms with Gasteiger partial charge in [-0.05, 0) is 25.0 Å². The van der Waals surface area contributed by atoms with Gasteiger partial charge >= 0.3 is 0 Å². The summed E-state index contributed by atoms with van der Waals surface area (Å²) < 4.78 is 0. The maximum absolute atomic E-state index is 12.7. The van der Waals surface area contributed by atoms with E-state index in [9.17, 15) is 9.59 Å². The summed E-state index contributed by atoms with van der Waals surface area (Å²) in [5, 5.41) is 1.03. The topological polar surface area (TPSA) is 53.5 Å². The van der Waals surface area contributed by atoms with E-state index in [0.717, 1.165) is 23.7 Å². The fourth-order valence-corrected chi connectivity index (χ4v) is 3.91. The van der Waals surface area contributed by atoms with Crippen LogP contribution in [-0.2, 0) is 4.79 Å². The van der Waals surface area contributed by atoms with Gasteiger partial charge in [0.15, 0.2) is 0 Å². The SMILES string of the molecule is O=C(c1ccc2ccccc2n1)N1CCN(C(=O)C2CCCC2)CC1. The Labute approximate surface area is 147 Å². The van der Waals surface area contributed by atoms with E-state index < -0.39 is 0 Å². The van der Waals surface area contributed by atoms with Crippen molar-refractivity contribution < 1.29 is 9.59 Å². The zero-order valence-electron chi connectivity index (χ0n) is 14.4. The molecule has 0 N–H and O–H groups in total. The van der Waals surface area contributed by atoms with Gasteiger partial charge in [-0.2, -0.15) is 0 Å². The highest BCUT2D eigenvalue weighted by atomic mass is 16.2. The number of carbonyl (C=O) groups excluding carboxylic acids is 2. The second kappa shape index (κ2) is 6.82. The molecule has 2 aromatic rings. The van der Waals surface area contributed by atoms with Crippen molar-refractivity contribution in [3.8, 4) is 0 Å². The number of pyridine rings is 1. The molecule has 5 heteroatoms. The molecule has 0 unspecified atom stereocenters. The third-order valence-electron chi connectivity index (χ3n) is 5.40. The minimum atomic E-state index is -0.0429. The van der Waals surface area contributed by atoms with Crippen molar-refractivity contribution in [1.82, 2.24) is 14.8 Å². The first-order valence-corrected chi connectivity index (χ1v) is 9.16. The second-order valence-electron chi connectivity index (χ2n) is 6.99. The quantitative estimate of drug-likeness (QED) is 0.847. The first-order chi connectivity index (χ1) is 12.2. The number of piperazine rings is 1. The molecule has 130 valence electrons. The van der Waals surface area contributed by atoms with Gasteiger partial charge in [0.2, 0.25) is 5.91 Å². The Morgan fingerprint density at radius 2 is 1.56 bits per heavy atom. The monoisotopic (exact) mass is 337 g/mol. The van der Waals surface area contributed by atoms with Crippen LogP contribution in [0.15, 0.2) is 36.4 Å². The van der Waals surface area contributed by atoms with Gasteiger partial charge in [0, 0.05) is 37.5 Å². The molecular weight excluding hydrogens is 314 g/mol. The molecule has 25 heavy (non-hydrogen) atoms. The molecule has 0 spiro atoms. The van der Waals surface area contributed by atoms with E-state index in [2.05, 4.69) is 4.98 Å². The number of rotatable bonds is 2. The van der Waals surface area contributed by atoms with Crippen LogP contribution in [0.4, 0.5) is 0 Å². The predicted molar refractivity (Wildman–Crippen MR) is 96.2 cm³/mol. The summed E-state index contributed by atoms with van der Waals surface area (Å²) in [6.45, 7) is 2.45. The van der Waals surface area contributed by atoms with E-state index in [4.69, 9.17) is 0 Å². The Morgan fingerprint density at radius 1 is 0.880 bits per heavy atom. The van der Waals surface area contributed by atoms with Crippen LogP contribution in [0.5, 0.6) is 0 Å². The van der Waals surface area contributed by atoms with Gasteiger partial charge in [0.1, 0.15) is 5.69 Å². The van der Waals surface area contributed by atoms with Crippen LogP contribution in [0.3, 0.4) is 0 Å². The number of aromatic nitrogens is 1. The summed E-state index contributed by atoms with van der Waals surface area (Å²) in [6.07, 6.45) is 4.39. The largest absolute Gasteiger partial charge is 0.339 e. The van der Waals surface area contributed by atoms with E-state index in [-0.39, 0.29) is 17.7 Å². The van der Waals surface area contributed by atoms with Crippen molar-refractivity contribution in [2.24, 2.45) is 5.92 Å². The van der Waals surface area contributed by atoms with Crippen LogP contribution in [0, 0.1) is 5.92 Å². The highest BCUT2D eigenvalue weighted by Gasteiger charge is 2.30. The molecule has 1 aliphatic carbocycles. The van der Waals surface area contributed by atoms with Crippen LogP contribution in [0.2, 0.25) is 0 Å². The molecule has 5 nitrogen and oxygen atoms in total. The Hall–Kier alpha value is -2.43. The lowest BCUT2D eigenvalue weighted by Gasteiger charge is -2.35. The number of para-hydroxylation sites is 1. The highest BCUT2D eigenvalue weighted by molar-refractivity contribution is 5.95. The average Bonchev–Trinajstić information content (AvgIpc) is 3.21. The summed E-state index contributed by atoms with van der Waals surface area (Å²) in [6, 6.07) is 11.5.